The molecule has 1 aliphatic rings. The van der Waals surface area contributed by atoms with Crippen LogP contribution in [-0.2, 0) is 6.42 Å². The van der Waals surface area contributed by atoms with Crippen molar-refractivity contribution in [1.29, 1.82) is 0 Å². The van der Waals surface area contributed by atoms with E-state index in [0.29, 0.717) is 30.0 Å². The Hall–Kier alpha value is -3.84. The van der Waals surface area contributed by atoms with Crippen molar-refractivity contribution in [2.45, 2.75) is 12.5 Å². The summed E-state index contributed by atoms with van der Waals surface area (Å²) in [5.41, 5.74) is 5.42. The monoisotopic (exact) mass is 432 g/mol. The molecule has 3 aromatic carbocycles. The van der Waals surface area contributed by atoms with E-state index in [4.69, 9.17) is 14.7 Å². The second kappa shape index (κ2) is 9.11. The van der Waals surface area contributed by atoms with Crippen molar-refractivity contribution in [3.8, 4) is 11.5 Å². The third-order valence-electron chi connectivity index (χ3n) is 5.75. The maximum Gasteiger partial charge on any atom is 0.274 e. The lowest BCUT2D eigenvalue weighted by molar-refractivity contribution is 0.0688. The molecule has 32 heavy (non-hydrogen) atoms. The fraction of sp³-hybridized carbons (Fsp3) is 0.200. The van der Waals surface area contributed by atoms with E-state index in [0.717, 1.165) is 16.7 Å². The van der Waals surface area contributed by atoms with Gasteiger partial charge in [0.25, 0.3) is 11.8 Å². The highest BCUT2D eigenvalue weighted by Gasteiger charge is 2.33. The van der Waals surface area contributed by atoms with Gasteiger partial charge < -0.3 is 14.4 Å². The number of methoxy groups -OCH3 is 2. The molecule has 4 rings (SSSR count). The Morgan fingerprint density at radius 1 is 0.938 bits per heavy atom. The third-order valence-corrected chi connectivity index (χ3v) is 5.75. The summed E-state index contributed by atoms with van der Waals surface area (Å²) in [6.07, 6.45) is 0.676. The molecule has 0 aliphatic carbocycles. The summed E-state index contributed by atoms with van der Waals surface area (Å²) in [6.45, 7) is 0.528. The number of ether oxygens (including phenoxy) is 2. The van der Waals surface area contributed by atoms with Crippen LogP contribution < -0.4 is 15.0 Å². The minimum absolute atomic E-state index is 0.143. The molecule has 7 heteroatoms. The molecule has 0 saturated heterocycles. The molecular weight excluding hydrogens is 408 g/mol. The van der Waals surface area contributed by atoms with E-state index < -0.39 is 5.91 Å². The molecule has 164 valence electrons. The first-order valence-electron chi connectivity index (χ1n) is 10.2. The molecule has 0 fully saturated rings. The van der Waals surface area contributed by atoms with E-state index in [2.05, 4.69) is 0 Å². The summed E-state index contributed by atoms with van der Waals surface area (Å²) in [5.74, 6) is 0.505. The Kier molecular flexibility index (Phi) is 6.09. The molecule has 1 atom stereocenters. The molecule has 1 aliphatic heterocycles. The summed E-state index contributed by atoms with van der Waals surface area (Å²) in [6, 6.07) is 19.7. The molecule has 7 nitrogen and oxygen atoms in total. The molecule has 0 spiro atoms. The van der Waals surface area contributed by atoms with Crippen molar-refractivity contribution in [3.63, 3.8) is 0 Å². The zero-order valence-corrected chi connectivity index (χ0v) is 17.9. The molecule has 0 radical (unpaired) electrons. The zero-order valence-electron chi connectivity index (χ0n) is 17.9. The second-order valence-electron chi connectivity index (χ2n) is 7.49. The average Bonchev–Trinajstić information content (AvgIpc) is 2.86. The predicted molar refractivity (Wildman–Crippen MR) is 118 cm³/mol. The van der Waals surface area contributed by atoms with Gasteiger partial charge in [-0.15, -0.1) is 0 Å². The van der Waals surface area contributed by atoms with Gasteiger partial charge in [-0.25, -0.2) is 5.48 Å². The van der Waals surface area contributed by atoms with Gasteiger partial charge in [-0.2, -0.15) is 0 Å². The van der Waals surface area contributed by atoms with Crippen LogP contribution in [-0.4, -0.2) is 42.7 Å². The van der Waals surface area contributed by atoms with Crippen molar-refractivity contribution in [2.24, 2.45) is 0 Å². The van der Waals surface area contributed by atoms with Crippen molar-refractivity contribution in [2.75, 3.05) is 20.8 Å². The largest absolute Gasteiger partial charge is 0.493 e. The fourth-order valence-electron chi connectivity index (χ4n) is 4.15. The van der Waals surface area contributed by atoms with E-state index in [9.17, 15) is 9.59 Å². The van der Waals surface area contributed by atoms with E-state index in [1.807, 2.05) is 47.4 Å². The number of amides is 2. The summed E-state index contributed by atoms with van der Waals surface area (Å²) in [5, 5.41) is 8.81. The highest BCUT2D eigenvalue weighted by molar-refractivity contribution is 5.98. The minimum atomic E-state index is -0.626. The van der Waals surface area contributed by atoms with Crippen LogP contribution in [0, 0.1) is 0 Å². The topological polar surface area (TPSA) is 88.1 Å². The van der Waals surface area contributed by atoms with Gasteiger partial charge in [0.05, 0.1) is 20.3 Å². The van der Waals surface area contributed by atoms with Crippen molar-refractivity contribution in [1.82, 2.24) is 10.4 Å². The number of nitrogens with one attached hydrogen (secondary N) is 1. The summed E-state index contributed by atoms with van der Waals surface area (Å²) >= 11 is 0. The highest BCUT2D eigenvalue weighted by Crippen LogP contribution is 2.41. The number of benzene rings is 3. The van der Waals surface area contributed by atoms with Gasteiger partial charge in [0.1, 0.15) is 0 Å². The third kappa shape index (κ3) is 3.90. The lowest BCUT2D eigenvalue weighted by Crippen LogP contribution is -2.40. The van der Waals surface area contributed by atoms with Crippen LogP contribution in [0.25, 0.3) is 0 Å². The number of fused-ring (bicyclic) bond motifs is 1. The van der Waals surface area contributed by atoms with E-state index in [1.165, 1.54) is 12.1 Å². The number of carbonyl (C=O) groups excluding carboxylic acids is 2. The number of carbonyl (C=O) groups is 2. The highest BCUT2D eigenvalue weighted by atomic mass is 16.5. The molecule has 0 bridgehead atoms. The fourth-order valence-corrected chi connectivity index (χ4v) is 4.15. The van der Waals surface area contributed by atoms with Crippen LogP contribution in [0.4, 0.5) is 0 Å². The van der Waals surface area contributed by atoms with Gasteiger partial charge in [0.15, 0.2) is 11.5 Å². The Balaban J connectivity index is 1.77. The maximum absolute atomic E-state index is 13.5. The summed E-state index contributed by atoms with van der Waals surface area (Å²) in [4.78, 5) is 27.0. The maximum atomic E-state index is 13.5. The standard InChI is InChI=1S/C25H24N2O5/c1-31-21-14-19-12-13-27(25(29)18-10-8-17(9-11-18)24(28)26-30)23(16-6-4-3-5-7-16)20(19)15-22(21)32-2/h3-11,14-15,23,30H,12-13H2,1-2H3,(H,26,28). The molecule has 1 heterocycles. The minimum Gasteiger partial charge on any atom is -0.493 e. The van der Waals surface area contributed by atoms with Crippen molar-refractivity contribution in [3.05, 3.63) is 94.5 Å². The van der Waals surface area contributed by atoms with E-state index in [-0.39, 0.29) is 17.5 Å². The van der Waals surface area contributed by atoms with Crippen LogP contribution in [0.15, 0.2) is 66.7 Å². The van der Waals surface area contributed by atoms with Crippen LogP contribution in [0.3, 0.4) is 0 Å². The number of nitrogens with zero attached hydrogens (tertiary/aromatic N) is 1. The molecule has 1 unspecified atom stereocenters. The van der Waals surface area contributed by atoms with Gasteiger partial charge in [0, 0.05) is 17.7 Å². The van der Waals surface area contributed by atoms with Crippen LogP contribution in [0.5, 0.6) is 11.5 Å². The molecule has 2 N–H and O–H groups in total. The Morgan fingerprint density at radius 2 is 1.56 bits per heavy atom. The molecule has 2 amide bonds. The van der Waals surface area contributed by atoms with Crippen LogP contribution in [0.1, 0.15) is 43.4 Å². The van der Waals surface area contributed by atoms with Gasteiger partial charge >= 0.3 is 0 Å². The lowest BCUT2D eigenvalue weighted by atomic mass is 9.87. The quantitative estimate of drug-likeness (QED) is 0.475. The molecule has 0 aromatic heterocycles. The van der Waals surface area contributed by atoms with Gasteiger partial charge in [-0.1, -0.05) is 30.3 Å². The van der Waals surface area contributed by atoms with Crippen LogP contribution >= 0.6 is 0 Å². The number of rotatable bonds is 5. The summed E-state index contributed by atoms with van der Waals surface area (Å²) < 4.78 is 11.0. The van der Waals surface area contributed by atoms with Crippen molar-refractivity contribution >= 4 is 11.8 Å². The first-order valence-corrected chi connectivity index (χ1v) is 10.2. The van der Waals surface area contributed by atoms with E-state index in [1.54, 1.807) is 31.8 Å². The SMILES string of the molecule is COc1cc2c(cc1OC)C(c1ccccc1)N(C(=O)c1ccc(C(=O)NO)cc1)CC2. The smallest absolute Gasteiger partial charge is 0.274 e. The normalized spacial score (nSPS) is 15.0. The Morgan fingerprint density at radius 3 is 2.19 bits per heavy atom. The summed E-state index contributed by atoms with van der Waals surface area (Å²) in [7, 11) is 3.20. The first kappa shape index (κ1) is 21.4. The zero-order chi connectivity index (χ0) is 22.7. The van der Waals surface area contributed by atoms with Crippen LogP contribution in [0.2, 0.25) is 0 Å². The Labute approximate surface area is 186 Å². The second-order valence-corrected chi connectivity index (χ2v) is 7.49. The number of hydrogen-bond acceptors (Lipinski definition) is 5. The molecule has 0 saturated carbocycles. The Bertz CT molecular complexity index is 1130. The average molecular weight is 432 g/mol. The van der Waals surface area contributed by atoms with Gasteiger partial charge in [0.2, 0.25) is 0 Å². The number of hydroxylamine groups is 1. The first-order chi connectivity index (χ1) is 15.6. The predicted octanol–water partition coefficient (Wildman–Crippen LogP) is 3.61. The lowest BCUT2D eigenvalue weighted by Gasteiger charge is -2.38. The number of hydrogen-bond donors (Lipinski definition) is 2. The van der Waals surface area contributed by atoms with Crippen molar-refractivity contribution < 1.29 is 24.3 Å². The van der Waals surface area contributed by atoms with E-state index >= 15 is 0 Å². The molecular formula is C25H24N2O5. The van der Waals surface area contributed by atoms with Gasteiger partial charge in [-0.3, -0.25) is 14.8 Å². The van der Waals surface area contributed by atoms with Gasteiger partial charge in [-0.05, 0) is 59.5 Å². The molecule has 3 aromatic rings.